The summed E-state index contributed by atoms with van der Waals surface area (Å²) in [6, 6.07) is 12.6. The number of hydrogen-bond donors (Lipinski definition) is 2. The third-order valence-corrected chi connectivity index (χ3v) is 4.98. The Morgan fingerprint density at radius 2 is 1.96 bits per heavy atom. The van der Waals surface area contributed by atoms with Crippen molar-refractivity contribution in [1.29, 1.82) is 0 Å². The Kier molecular flexibility index (Phi) is 7.18. The van der Waals surface area contributed by atoms with E-state index in [1.54, 1.807) is 0 Å². The third-order valence-electron chi connectivity index (χ3n) is 4.39. The molecule has 0 aliphatic rings. The molecule has 0 aliphatic heterocycles. The summed E-state index contributed by atoms with van der Waals surface area (Å²) in [7, 11) is 0. The highest BCUT2D eigenvalue weighted by Crippen LogP contribution is 2.37. The molecule has 0 aliphatic carbocycles. The van der Waals surface area contributed by atoms with Crippen LogP contribution < -0.4 is 14.8 Å². The number of hydrogen-bond acceptors (Lipinski definition) is 3. The maximum absolute atomic E-state index is 5.84. The molecule has 4 nitrogen and oxygen atoms in total. The summed E-state index contributed by atoms with van der Waals surface area (Å²) >= 11 is 3.63. The molecule has 1 aromatic heterocycles. The highest BCUT2D eigenvalue weighted by atomic mass is 79.9. The first-order valence-electron chi connectivity index (χ1n) is 9.56. The molecular formula is C22H27BrN2O2. The topological polar surface area (TPSA) is 46.3 Å². The molecule has 0 unspecified atom stereocenters. The van der Waals surface area contributed by atoms with E-state index in [9.17, 15) is 0 Å². The molecule has 0 radical (unpaired) electrons. The monoisotopic (exact) mass is 430 g/mol. The second-order valence-corrected chi connectivity index (χ2v) is 7.33. The normalized spacial score (nSPS) is 11.1. The summed E-state index contributed by atoms with van der Waals surface area (Å²) in [4.78, 5) is 3.33. The molecule has 144 valence electrons. The van der Waals surface area contributed by atoms with Crippen LogP contribution in [-0.4, -0.2) is 24.7 Å². The summed E-state index contributed by atoms with van der Waals surface area (Å²) in [5.41, 5.74) is 3.71. The van der Waals surface area contributed by atoms with E-state index >= 15 is 0 Å². The van der Waals surface area contributed by atoms with Crippen LogP contribution in [0.5, 0.6) is 11.5 Å². The predicted octanol–water partition coefficient (Wildman–Crippen LogP) is 5.45. The second kappa shape index (κ2) is 9.81. The Morgan fingerprint density at radius 1 is 1.11 bits per heavy atom. The smallest absolute Gasteiger partial charge is 0.175 e. The number of ether oxygens (including phenoxy) is 2. The number of nitrogens with one attached hydrogen (secondary N) is 2. The number of benzene rings is 2. The van der Waals surface area contributed by atoms with E-state index in [-0.39, 0.29) is 0 Å². The van der Waals surface area contributed by atoms with Gasteiger partial charge in [0.25, 0.3) is 0 Å². The summed E-state index contributed by atoms with van der Waals surface area (Å²) in [5, 5.41) is 4.84. The van der Waals surface area contributed by atoms with E-state index in [2.05, 4.69) is 75.7 Å². The minimum atomic E-state index is 0.617. The lowest BCUT2D eigenvalue weighted by molar-refractivity contribution is 0.275. The van der Waals surface area contributed by atoms with Gasteiger partial charge >= 0.3 is 0 Å². The largest absolute Gasteiger partial charge is 0.490 e. The predicted molar refractivity (Wildman–Crippen MR) is 115 cm³/mol. The molecule has 2 N–H and O–H groups in total. The molecule has 3 aromatic rings. The van der Waals surface area contributed by atoms with Crippen molar-refractivity contribution >= 4 is 26.8 Å². The number of para-hydroxylation sites is 1. The number of H-pyrrole nitrogens is 1. The van der Waals surface area contributed by atoms with Crippen molar-refractivity contribution in [1.82, 2.24) is 10.3 Å². The molecule has 2 aromatic carbocycles. The van der Waals surface area contributed by atoms with Gasteiger partial charge in [0.2, 0.25) is 0 Å². The number of aromatic amines is 1. The molecule has 0 saturated carbocycles. The molecule has 5 heteroatoms. The molecule has 27 heavy (non-hydrogen) atoms. The van der Waals surface area contributed by atoms with Crippen molar-refractivity contribution in [3.05, 3.63) is 58.2 Å². The van der Waals surface area contributed by atoms with Crippen LogP contribution in [0, 0.1) is 0 Å². The van der Waals surface area contributed by atoms with E-state index in [1.165, 1.54) is 22.0 Å². The van der Waals surface area contributed by atoms with Crippen LogP contribution in [0.2, 0.25) is 0 Å². The van der Waals surface area contributed by atoms with Crippen molar-refractivity contribution in [3.63, 3.8) is 0 Å². The van der Waals surface area contributed by atoms with Crippen molar-refractivity contribution in [3.8, 4) is 11.5 Å². The first-order valence-corrected chi connectivity index (χ1v) is 10.4. The third kappa shape index (κ3) is 5.05. The average Bonchev–Trinajstić information content (AvgIpc) is 3.08. The van der Waals surface area contributed by atoms with Gasteiger partial charge in [-0.15, -0.1) is 0 Å². The number of rotatable bonds is 10. The van der Waals surface area contributed by atoms with Crippen LogP contribution in [-0.2, 0) is 13.0 Å². The van der Waals surface area contributed by atoms with E-state index in [1.807, 2.05) is 6.92 Å². The van der Waals surface area contributed by atoms with Gasteiger partial charge in [0.15, 0.2) is 11.5 Å². The Balaban J connectivity index is 1.60. The van der Waals surface area contributed by atoms with Gasteiger partial charge in [-0.2, -0.15) is 0 Å². The molecule has 0 spiro atoms. The summed E-state index contributed by atoms with van der Waals surface area (Å²) in [6.45, 7) is 7.09. The molecule has 0 amide bonds. The first kappa shape index (κ1) is 19.8. The summed E-state index contributed by atoms with van der Waals surface area (Å²) in [6.07, 6.45) is 4.06. The van der Waals surface area contributed by atoms with E-state index in [4.69, 9.17) is 9.47 Å². The summed E-state index contributed by atoms with van der Waals surface area (Å²) in [5.74, 6) is 1.59. The van der Waals surface area contributed by atoms with Crippen molar-refractivity contribution < 1.29 is 9.47 Å². The molecule has 0 fully saturated rings. The lowest BCUT2D eigenvalue weighted by atomic mass is 10.1. The molecule has 0 bridgehead atoms. The number of halogens is 1. The zero-order chi connectivity index (χ0) is 19.1. The second-order valence-electron chi connectivity index (χ2n) is 6.47. The zero-order valence-corrected chi connectivity index (χ0v) is 17.6. The van der Waals surface area contributed by atoms with Gasteiger partial charge in [-0.3, -0.25) is 0 Å². The Labute approximate surface area is 169 Å². The van der Waals surface area contributed by atoms with Gasteiger partial charge in [-0.05, 0) is 71.6 Å². The van der Waals surface area contributed by atoms with Crippen LogP contribution in [0.3, 0.4) is 0 Å². The molecule has 3 rings (SSSR count). The fraction of sp³-hybridized carbons (Fsp3) is 0.364. The Morgan fingerprint density at radius 3 is 2.78 bits per heavy atom. The maximum Gasteiger partial charge on any atom is 0.175 e. The minimum Gasteiger partial charge on any atom is -0.490 e. The van der Waals surface area contributed by atoms with Crippen LogP contribution in [0.1, 0.15) is 31.4 Å². The Bertz CT molecular complexity index is 876. The molecule has 0 saturated heterocycles. The molecular weight excluding hydrogens is 404 g/mol. The van der Waals surface area contributed by atoms with Gasteiger partial charge < -0.3 is 19.8 Å². The van der Waals surface area contributed by atoms with Gasteiger partial charge in [0.1, 0.15) is 0 Å². The van der Waals surface area contributed by atoms with Gasteiger partial charge in [0, 0.05) is 23.6 Å². The van der Waals surface area contributed by atoms with E-state index in [0.29, 0.717) is 13.2 Å². The quantitative estimate of drug-likeness (QED) is 0.420. The Hall–Kier alpha value is -1.98. The van der Waals surface area contributed by atoms with Crippen molar-refractivity contribution in [2.24, 2.45) is 0 Å². The average molecular weight is 431 g/mol. The highest BCUT2D eigenvalue weighted by molar-refractivity contribution is 9.10. The number of fused-ring (bicyclic) bond motifs is 1. The molecule has 0 atom stereocenters. The first-order chi connectivity index (χ1) is 13.2. The van der Waals surface area contributed by atoms with Crippen molar-refractivity contribution in [2.45, 2.75) is 33.2 Å². The van der Waals surface area contributed by atoms with Crippen molar-refractivity contribution in [2.75, 3.05) is 19.8 Å². The van der Waals surface area contributed by atoms with Crippen LogP contribution in [0.25, 0.3) is 10.9 Å². The SMILES string of the molecule is CCCOc1c(Br)cc(CNCCc2c[nH]c3ccccc23)cc1OCC. The minimum absolute atomic E-state index is 0.617. The zero-order valence-electron chi connectivity index (χ0n) is 16.0. The van der Waals surface area contributed by atoms with Crippen LogP contribution in [0.15, 0.2) is 47.1 Å². The fourth-order valence-corrected chi connectivity index (χ4v) is 3.73. The highest BCUT2D eigenvalue weighted by Gasteiger charge is 2.12. The fourth-order valence-electron chi connectivity index (χ4n) is 3.12. The lowest BCUT2D eigenvalue weighted by Gasteiger charge is -2.15. The lowest BCUT2D eigenvalue weighted by Crippen LogP contribution is -2.16. The van der Waals surface area contributed by atoms with Gasteiger partial charge in [-0.25, -0.2) is 0 Å². The van der Waals surface area contributed by atoms with E-state index in [0.717, 1.165) is 41.9 Å². The maximum atomic E-state index is 5.84. The van der Waals surface area contributed by atoms with E-state index < -0.39 is 0 Å². The van der Waals surface area contributed by atoms with Crippen LogP contribution >= 0.6 is 15.9 Å². The van der Waals surface area contributed by atoms with Gasteiger partial charge in [0.05, 0.1) is 17.7 Å². The standard InChI is InChI=1S/C22H27BrN2O2/c1-3-11-27-22-19(23)12-16(13-21(22)26-4-2)14-24-10-9-17-15-25-20-8-6-5-7-18(17)20/h5-8,12-13,15,24-25H,3-4,9-11,14H2,1-2H3. The molecule has 1 heterocycles. The summed E-state index contributed by atoms with van der Waals surface area (Å²) < 4.78 is 12.6. The number of aromatic nitrogens is 1. The van der Waals surface area contributed by atoms with Gasteiger partial charge in [-0.1, -0.05) is 25.1 Å². The van der Waals surface area contributed by atoms with Crippen LogP contribution in [0.4, 0.5) is 0 Å².